The fourth-order valence-corrected chi connectivity index (χ4v) is 3.01. The smallest absolute Gasteiger partial charge is 0.329 e. The minimum atomic E-state index is -4.22. The van der Waals surface area contributed by atoms with E-state index in [1.807, 2.05) is 30.3 Å². The molecule has 0 aliphatic rings. The van der Waals surface area contributed by atoms with E-state index < -0.39 is 25.8 Å². The lowest BCUT2D eigenvalue weighted by molar-refractivity contribution is -0.138. The fourth-order valence-electron chi connectivity index (χ4n) is 2.35. The molecule has 5 N–H and O–H groups in total. The molecule has 2 rings (SSSR count). The summed E-state index contributed by atoms with van der Waals surface area (Å²) in [6, 6.07) is 13.3. The second-order valence-electron chi connectivity index (χ2n) is 5.38. The van der Waals surface area contributed by atoms with Crippen molar-refractivity contribution in [3.63, 3.8) is 0 Å². The first-order valence-corrected chi connectivity index (χ1v) is 8.75. The first-order chi connectivity index (χ1) is 10.7. The molecule has 6 nitrogen and oxygen atoms in total. The summed E-state index contributed by atoms with van der Waals surface area (Å²) in [6.45, 7) is 0. The van der Waals surface area contributed by atoms with Crippen molar-refractivity contribution in [2.45, 2.75) is 18.6 Å². The average Bonchev–Trinajstić information content (AvgIpc) is 2.46. The van der Waals surface area contributed by atoms with E-state index in [2.05, 4.69) is 0 Å². The Morgan fingerprint density at radius 3 is 2.22 bits per heavy atom. The monoisotopic (exact) mass is 335 g/mol. The van der Waals surface area contributed by atoms with Gasteiger partial charge in [0.15, 0.2) is 0 Å². The van der Waals surface area contributed by atoms with Gasteiger partial charge in [0.1, 0.15) is 6.04 Å². The zero-order valence-electron chi connectivity index (χ0n) is 12.3. The number of carboxylic acid groups (broad SMARTS) is 1. The maximum Gasteiger partial charge on any atom is 0.329 e. The standard InChI is InChI=1S/C16H18NO5P/c17-15(16(18)19)9-11-6-12(10-23(20,21)22)8-14(7-11)13-4-2-1-3-5-13/h1-8,15H,9-10,17H2,(H,18,19)(H2,20,21,22). The molecule has 0 spiro atoms. The number of rotatable bonds is 6. The molecule has 0 aromatic heterocycles. The van der Waals surface area contributed by atoms with Crippen LogP contribution in [-0.2, 0) is 21.9 Å². The third-order valence-electron chi connectivity index (χ3n) is 3.32. The molecular formula is C16H18NO5P. The Hall–Kier alpha value is -1.98. The van der Waals surface area contributed by atoms with Crippen LogP contribution in [0.25, 0.3) is 11.1 Å². The van der Waals surface area contributed by atoms with Gasteiger partial charge in [-0.3, -0.25) is 9.36 Å². The molecule has 0 heterocycles. The van der Waals surface area contributed by atoms with E-state index in [9.17, 15) is 19.1 Å². The van der Waals surface area contributed by atoms with Crippen LogP contribution in [0.15, 0.2) is 48.5 Å². The van der Waals surface area contributed by atoms with E-state index in [0.717, 1.165) is 11.1 Å². The first kappa shape index (κ1) is 17.4. The van der Waals surface area contributed by atoms with E-state index in [-0.39, 0.29) is 6.42 Å². The van der Waals surface area contributed by atoms with Gasteiger partial charge in [-0.15, -0.1) is 0 Å². The quantitative estimate of drug-likeness (QED) is 0.599. The van der Waals surface area contributed by atoms with Gasteiger partial charge in [-0.05, 0) is 28.7 Å². The molecule has 0 amide bonds. The SMILES string of the molecule is NC(Cc1cc(CP(=O)(O)O)cc(-c2ccccc2)c1)C(=O)O. The van der Waals surface area contributed by atoms with Crippen molar-refractivity contribution >= 4 is 13.6 Å². The van der Waals surface area contributed by atoms with Crippen LogP contribution < -0.4 is 5.73 Å². The molecule has 122 valence electrons. The summed E-state index contributed by atoms with van der Waals surface area (Å²) in [7, 11) is -4.22. The van der Waals surface area contributed by atoms with Crippen molar-refractivity contribution in [1.82, 2.24) is 0 Å². The van der Waals surface area contributed by atoms with E-state index in [4.69, 9.17) is 10.8 Å². The lowest BCUT2D eigenvalue weighted by atomic mass is 9.97. The van der Waals surface area contributed by atoms with Crippen LogP contribution in [0.1, 0.15) is 11.1 Å². The summed E-state index contributed by atoms with van der Waals surface area (Å²) in [5, 5.41) is 8.94. The van der Waals surface area contributed by atoms with Crippen LogP contribution >= 0.6 is 7.60 Å². The molecule has 0 saturated carbocycles. The predicted octanol–water partition coefficient (Wildman–Crippen LogP) is 1.99. The van der Waals surface area contributed by atoms with Gasteiger partial charge in [-0.1, -0.05) is 48.5 Å². The van der Waals surface area contributed by atoms with Crippen LogP contribution in [0.3, 0.4) is 0 Å². The van der Waals surface area contributed by atoms with E-state index in [1.54, 1.807) is 18.2 Å². The molecule has 7 heteroatoms. The van der Waals surface area contributed by atoms with Gasteiger partial charge in [0, 0.05) is 0 Å². The second-order valence-corrected chi connectivity index (χ2v) is 7.02. The fraction of sp³-hybridized carbons (Fsp3) is 0.188. The molecule has 0 saturated heterocycles. The molecule has 2 aromatic rings. The van der Waals surface area contributed by atoms with Gasteiger partial charge in [0.25, 0.3) is 0 Å². The molecule has 0 aliphatic carbocycles. The summed E-state index contributed by atoms with van der Waals surface area (Å²) < 4.78 is 11.3. The van der Waals surface area contributed by atoms with Gasteiger partial charge >= 0.3 is 13.6 Å². The third-order valence-corrected chi connectivity index (χ3v) is 4.10. The van der Waals surface area contributed by atoms with Gasteiger partial charge < -0.3 is 20.6 Å². The minimum Gasteiger partial charge on any atom is -0.480 e. The highest BCUT2D eigenvalue weighted by atomic mass is 31.2. The van der Waals surface area contributed by atoms with Crippen LogP contribution in [0, 0.1) is 0 Å². The second kappa shape index (κ2) is 7.06. The number of carbonyl (C=O) groups is 1. The Kier molecular flexibility index (Phi) is 5.34. The van der Waals surface area contributed by atoms with Crippen LogP contribution in [0.5, 0.6) is 0 Å². The van der Waals surface area contributed by atoms with Gasteiger partial charge in [0.05, 0.1) is 6.16 Å². The van der Waals surface area contributed by atoms with E-state index >= 15 is 0 Å². The lowest BCUT2D eigenvalue weighted by Crippen LogP contribution is -2.32. The maximum atomic E-state index is 11.3. The van der Waals surface area contributed by atoms with Crippen LogP contribution in [0.4, 0.5) is 0 Å². The normalized spacial score (nSPS) is 12.8. The summed E-state index contributed by atoms with van der Waals surface area (Å²) in [5.41, 5.74) is 8.29. The maximum absolute atomic E-state index is 11.3. The van der Waals surface area contributed by atoms with Crippen molar-refractivity contribution in [2.75, 3.05) is 0 Å². The van der Waals surface area contributed by atoms with Gasteiger partial charge in [-0.25, -0.2) is 0 Å². The van der Waals surface area contributed by atoms with Gasteiger partial charge in [0.2, 0.25) is 0 Å². The van der Waals surface area contributed by atoms with Crippen molar-refractivity contribution < 1.29 is 24.3 Å². The molecule has 0 radical (unpaired) electrons. The Morgan fingerprint density at radius 2 is 1.65 bits per heavy atom. The number of nitrogens with two attached hydrogens (primary N) is 1. The topological polar surface area (TPSA) is 121 Å². The highest BCUT2D eigenvalue weighted by molar-refractivity contribution is 7.50. The van der Waals surface area contributed by atoms with E-state index in [0.29, 0.717) is 11.1 Å². The Bertz CT molecular complexity index is 741. The summed E-state index contributed by atoms with van der Waals surface area (Å²) >= 11 is 0. The Balaban J connectivity index is 2.43. The number of hydrogen-bond donors (Lipinski definition) is 4. The number of hydrogen-bond acceptors (Lipinski definition) is 3. The lowest BCUT2D eigenvalue weighted by Gasteiger charge is -2.13. The Labute approximate surface area is 133 Å². The molecule has 0 aliphatic heterocycles. The molecule has 1 atom stereocenters. The molecule has 0 fully saturated rings. The summed E-state index contributed by atoms with van der Waals surface area (Å²) in [4.78, 5) is 29.3. The first-order valence-electron chi connectivity index (χ1n) is 6.96. The molecule has 0 bridgehead atoms. The minimum absolute atomic E-state index is 0.0875. The summed E-state index contributed by atoms with van der Waals surface area (Å²) in [6.07, 6.45) is -0.312. The van der Waals surface area contributed by atoms with Crippen molar-refractivity contribution in [3.8, 4) is 11.1 Å². The largest absolute Gasteiger partial charge is 0.480 e. The van der Waals surface area contributed by atoms with E-state index in [1.165, 1.54) is 0 Å². The molecule has 1 unspecified atom stereocenters. The van der Waals surface area contributed by atoms with Crippen LogP contribution in [0.2, 0.25) is 0 Å². The van der Waals surface area contributed by atoms with Crippen molar-refractivity contribution in [3.05, 3.63) is 59.7 Å². The third kappa shape index (κ3) is 5.30. The van der Waals surface area contributed by atoms with Crippen molar-refractivity contribution in [2.24, 2.45) is 5.73 Å². The highest BCUT2D eigenvalue weighted by Crippen LogP contribution is 2.40. The molecular weight excluding hydrogens is 317 g/mol. The highest BCUT2D eigenvalue weighted by Gasteiger charge is 2.17. The zero-order chi connectivity index (χ0) is 17.0. The average molecular weight is 335 g/mol. The number of benzene rings is 2. The Morgan fingerprint density at radius 1 is 1.04 bits per heavy atom. The molecule has 23 heavy (non-hydrogen) atoms. The van der Waals surface area contributed by atoms with Crippen molar-refractivity contribution in [1.29, 1.82) is 0 Å². The van der Waals surface area contributed by atoms with Gasteiger partial charge in [-0.2, -0.15) is 0 Å². The number of carboxylic acids is 1. The molecule has 2 aromatic carbocycles. The van der Waals surface area contributed by atoms with Crippen LogP contribution in [-0.4, -0.2) is 26.9 Å². The number of aliphatic carboxylic acids is 1. The summed E-state index contributed by atoms with van der Waals surface area (Å²) in [5.74, 6) is -1.12. The zero-order valence-corrected chi connectivity index (χ0v) is 13.2. The predicted molar refractivity (Wildman–Crippen MR) is 86.9 cm³/mol.